The molecule has 1 aromatic rings. The first-order valence-electron chi connectivity index (χ1n) is 5.96. The van der Waals surface area contributed by atoms with Crippen LogP contribution in [0, 0.1) is 18.8 Å². The molecule has 0 heterocycles. The van der Waals surface area contributed by atoms with Gasteiger partial charge in [0.2, 0.25) is 0 Å². The summed E-state index contributed by atoms with van der Waals surface area (Å²) in [6, 6.07) is 4.89. The van der Waals surface area contributed by atoms with Gasteiger partial charge in [-0.2, -0.15) is 8.42 Å². The highest BCUT2D eigenvalue weighted by Gasteiger charge is 2.14. The summed E-state index contributed by atoms with van der Waals surface area (Å²) < 4.78 is 31.4. The predicted molar refractivity (Wildman–Crippen MR) is 77.8 cm³/mol. The summed E-state index contributed by atoms with van der Waals surface area (Å²) in [6.07, 6.45) is -0.753. The quantitative estimate of drug-likeness (QED) is 0.711. The Hall–Kier alpha value is -2.24. The number of hydrogen-bond acceptors (Lipinski definition) is 5. The third-order valence-electron chi connectivity index (χ3n) is 2.20. The van der Waals surface area contributed by atoms with Crippen LogP contribution in [0.15, 0.2) is 18.2 Å². The van der Waals surface area contributed by atoms with Crippen molar-refractivity contribution in [3.63, 3.8) is 0 Å². The molecule has 3 N–H and O–H groups in total. The summed E-state index contributed by atoms with van der Waals surface area (Å²) in [5.41, 5.74) is 1.65. The Morgan fingerprint density at radius 1 is 1.38 bits per heavy atom. The van der Waals surface area contributed by atoms with Crippen LogP contribution in [0.4, 0.5) is 10.5 Å². The predicted octanol–water partition coefficient (Wildman–Crippen LogP) is 0.742. The molecular weight excluding hydrogens is 296 g/mol. The van der Waals surface area contributed by atoms with Gasteiger partial charge < -0.3 is 9.84 Å². The van der Waals surface area contributed by atoms with Gasteiger partial charge in [-0.3, -0.25) is 4.72 Å². The molecule has 0 aliphatic carbocycles. The van der Waals surface area contributed by atoms with Gasteiger partial charge in [0.05, 0.1) is 19.4 Å². The number of anilines is 1. The maximum atomic E-state index is 11.7. The number of aliphatic hydroxyl groups is 1. The van der Waals surface area contributed by atoms with E-state index in [1.807, 2.05) is 0 Å². The Morgan fingerprint density at radius 3 is 2.71 bits per heavy atom. The van der Waals surface area contributed by atoms with Crippen molar-refractivity contribution in [2.24, 2.45) is 0 Å². The van der Waals surface area contributed by atoms with E-state index in [-0.39, 0.29) is 12.3 Å². The van der Waals surface area contributed by atoms with Gasteiger partial charge in [0.15, 0.2) is 0 Å². The lowest BCUT2D eigenvalue weighted by Gasteiger charge is -2.09. The van der Waals surface area contributed by atoms with E-state index >= 15 is 0 Å². The monoisotopic (exact) mass is 312 g/mol. The van der Waals surface area contributed by atoms with Gasteiger partial charge in [-0.15, -0.1) is 0 Å². The molecule has 1 amide bonds. The Labute approximate surface area is 123 Å². The molecule has 0 radical (unpaired) electrons. The van der Waals surface area contributed by atoms with E-state index in [1.165, 1.54) is 6.07 Å². The molecule has 0 spiro atoms. The number of methoxy groups -OCH3 is 1. The second kappa shape index (κ2) is 7.52. The van der Waals surface area contributed by atoms with Gasteiger partial charge in [-0.1, -0.05) is 11.8 Å². The number of carbonyl (C=O) groups is 1. The highest BCUT2D eigenvalue weighted by Crippen LogP contribution is 2.15. The van der Waals surface area contributed by atoms with E-state index in [0.717, 1.165) is 12.7 Å². The van der Waals surface area contributed by atoms with Gasteiger partial charge in [0.25, 0.3) is 0 Å². The van der Waals surface area contributed by atoms with Gasteiger partial charge in [0, 0.05) is 12.0 Å². The maximum Gasteiger partial charge on any atom is 0.422 e. The first kappa shape index (κ1) is 16.8. The molecule has 0 aromatic heterocycles. The fourth-order valence-corrected chi connectivity index (χ4v) is 2.25. The lowest BCUT2D eigenvalue weighted by molar-refractivity contribution is 0.177. The Bertz CT molecular complexity index is 674. The van der Waals surface area contributed by atoms with E-state index in [2.05, 4.69) is 21.3 Å². The minimum absolute atomic E-state index is 0.0403. The Morgan fingerprint density at radius 2 is 2.10 bits per heavy atom. The lowest BCUT2D eigenvalue weighted by Crippen LogP contribution is -2.35. The van der Waals surface area contributed by atoms with Crippen LogP contribution in [0.1, 0.15) is 17.5 Å². The highest BCUT2D eigenvalue weighted by atomic mass is 32.2. The molecule has 0 saturated carbocycles. The zero-order valence-electron chi connectivity index (χ0n) is 11.6. The SMILES string of the molecule is COC(=O)NS(=O)(=O)Nc1cc(C)cc(C#CCCO)c1. The van der Waals surface area contributed by atoms with Gasteiger partial charge >= 0.3 is 16.3 Å². The van der Waals surface area contributed by atoms with Crippen LogP contribution < -0.4 is 9.44 Å². The van der Waals surface area contributed by atoms with Crippen LogP contribution in [0.3, 0.4) is 0 Å². The average molecular weight is 312 g/mol. The summed E-state index contributed by atoms with van der Waals surface area (Å²) in [5.74, 6) is 5.55. The van der Waals surface area contributed by atoms with Crippen LogP contribution >= 0.6 is 0 Å². The van der Waals surface area contributed by atoms with E-state index < -0.39 is 16.3 Å². The number of carbonyl (C=O) groups excluding carboxylic acids is 1. The fraction of sp³-hybridized carbons (Fsp3) is 0.308. The summed E-state index contributed by atoms with van der Waals surface area (Å²) >= 11 is 0. The zero-order chi connectivity index (χ0) is 15.9. The van der Waals surface area contributed by atoms with Crippen molar-refractivity contribution in [1.82, 2.24) is 4.72 Å². The molecule has 0 aliphatic rings. The average Bonchev–Trinajstić information content (AvgIpc) is 2.37. The van der Waals surface area contributed by atoms with Crippen molar-refractivity contribution in [3.05, 3.63) is 29.3 Å². The summed E-state index contributed by atoms with van der Waals surface area (Å²) in [6.45, 7) is 1.74. The van der Waals surface area contributed by atoms with Crippen molar-refractivity contribution >= 4 is 22.0 Å². The number of hydrogen-bond donors (Lipinski definition) is 3. The second-order valence-electron chi connectivity index (χ2n) is 4.06. The Kier molecular flexibility index (Phi) is 6.02. The molecule has 0 aliphatic heterocycles. The molecule has 21 heavy (non-hydrogen) atoms. The van der Waals surface area contributed by atoms with E-state index in [4.69, 9.17) is 5.11 Å². The van der Waals surface area contributed by atoms with E-state index in [9.17, 15) is 13.2 Å². The third-order valence-corrected chi connectivity index (χ3v) is 3.14. The smallest absolute Gasteiger partial charge is 0.422 e. The van der Waals surface area contributed by atoms with Crippen molar-refractivity contribution < 1.29 is 23.1 Å². The molecule has 8 heteroatoms. The molecule has 0 bridgehead atoms. The number of aryl methyl sites for hydroxylation is 1. The van der Waals surface area contributed by atoms with Gasteiger partial charge in [0.1, 0.15) is 0 Å². The third kappa shape index (κ3) is 6.16. The first-order chi connectivity index (χ1) is 9.86. The van der Waals surface area contributed by atoms with Crippen molar-refractivity contribution in [1.29, 1.82) is 0 Å². The molecular formula is C13H16N2O5S. The number of amides is 1. The lowest BCUT2D eigenvalue weighted by atomic mass is 10.1. The summed E-state index contributed by atoms with van der Waals surface area (Å²) in [7, 11) is -3.01. The minimum atomic E-state index is -4.07. The zero-order valence-corrected chi connectivity index (χ0v) is 12.5. The van der Waals surface area contributed by atoms with Crippen LogP contribution in [-0.4, -0.2) is 33.3 Å². The summed E-state index contributed by atoms with van der Waals surface area (Å²) in [5, 5.41) is 8.67. The molecule has 7 nitrogen and oxygen atoms in total. The fourth-order valence-electron chi connectivity index (χ4n) is 1.47. The maximum absolute atomic E-state index is 11.7. The van der Waals surface area contributed by atoms with Crippen LogP contribution in [0.25, 0.3) is 0 Å². The number of benzene rings is 1. The number of rotatable bonds is 4. The van der Waals surface area contributed by atoms with Crippen LogP contribution in [-0.2, 0) is 14.9 Å². The molecule has 0 unspecified atom stereocenters. The molecule has 0 atom stereocenters. The minimum Gasteiger partial charge on any atom is -0.452 e. The molecule has 1 rings (SSSR count). The van der Waals surface area contributed by atoms with Crippen molar-refractivity contribution in [2.45, 2.75) is 13.3 Å². The number of aliphatic hydroxyl groups excluding tert-OH is 1. The second-order valence-corrected chi connectivity index (χ2v) is 5.48. The Balaban J connectivity index is 2.94. The topological polar surface area (TPSA) is 105 Å². The molecule has 1 aromatic carbocycles. The number of nitrogens with one attached hydrogen (secondary N) is 2. The normalized spacial score (nSPS) is 10.2. The van der Waals surface area contributed by atoms with E-state index in [0.29, 0.717) is 12.0 Å². The standard InChI is InChI=1S/C13H16N2O5S/c1-10-7-11(5-3-4-6-16)9-12(8-10)14-21(18,19)15-13(17)20-2/h7-9,14,16H,4,6H2,1-2H3,(H,15,17). The van der Waals surface area contributed by atoms with E-state index in [1.54, 1.807) is 23.8 Å². The molecule has 114 valence electrons. The molecule has 0 saturated heterocycles. The van der Waals surface area contributed by atoms with Crippen molar-refractivity contribution in [2.75, 3.05) is 18.4 Å². The number of ether oxygens (including phenoxy) is 1. The van der Waals surface area contributed by atoms with Crippen LogP contribution in [0.2, 0.25) is 0 Å². The van der Waals surface area contributed by atoms with Gasteiger partial charge in [-0.25, -0.2) is 9.52 Å². The highest BCUT2D eigenvalue weighted by molar-refractivity contribution is 7.91. The van der Waals surface area contributed by atoms with Crippen molar-refractivity contribution in [3.8, 4) is 11.8 Å². The first-order valence-corrected chi connectivity index (χ1v) is 7.44. The van der Waals surface area contributed by atoms with Crippen LogP contribution in [0.5, 0.6) is 0 Å². The largest absolute Gasteiger partial charge is 0.452 e. The molecule has 0 fully saturated rings. The van der Waals surface area contributed by atoms with Gasteiger partial charge in [-0.05, 0) is 30.7 Å². The summed E-state index contributed by atoms with van der Waals surface area (Å²) in [4.78, 5) is 10.9.